The smallest absolute Gasteiger partial charge is 0.225 e. The quantitative estimate of drug-likeness (QED) is 0.734. The highest BCUT2D eigenvalue weighted by Gasteiger charge is 2.38. The molecule has 98 valence electrons. The molecule has 1 aliphatic heterocycles. The molecule has 17 heavy (non-hydrogen) atoms. The number of methoxy groups -OCH3 is 1. The fraction of sp³-hybridized carbons (Fsp3) is 0.923. The topological polar surface area (TPSA) is 32.8 Å². The van der Waals surface area contributed by atoms with Gasteiger partial charge in [-0.3, -0.25) is 9.69 Å². The highest BCUT2D eigenvalue weighted by Crippen LogP contribution is 2.32. The molecule has 4 nitrogen and oxygen atoms in total. The van der Waals surface area contributed by atoms with Crippen LogP contribution in [0.3, 0.4) is 0 Å². The zero-order chi connectivity index (χ0) is 12.4. The third-order valence-corrected chi connectivity index (χ3v) is 3.89. The largest absolute Gasteiger partial charge is 0.383 e. The summed E-state index contributed by atoms with van der Waals surface area (Å²) >= 11 is 0. The van der Waals surface area contributed by atoms with E-state index in [1.54, 1.807) is 7.11 Å². The Morgan fingerprint density at radius 3 is 2.29 bits per heavy atom. The van der Waals surface area contributed by atoms with Crippen LogP contribution in [-0.4, -0.2) is 61.1 Å². The summed E-state index contributed by atoms with van der Waals surface area (Å²) in [6.45, 7) is 7.90. The first-order valence-corrected chi connectivity index (χ1v) is 6.67. The second-order valence-electron chi connectivity index (χ2n) is 5.45. The van der Waals surface area contributed by atoms with Crippen LogP contribution in [-0.2, 0) is 9.53 Å². The molecule has 0 aromatic carbocycles. The van der Waals surface area contributed by atoms with Gasteiger partial charge in [0.15, 0.2) is 0 Å². The molecule has 0 aromatic rings. The predicted molar refractivity (Wildman–Crippen MR) is 66.8 cm³/mol. The van der Waals surface area contributed by atoms with Crippen molar-refractivity contribution in [2.45, 2.75) is 38.8 Å². The van der Waals surface area contributed by atoms with E-state index in [4.69, 9.17) is 4.74 Å². The van der Waals surface area contributed by atoms with Gasteiger partial charge in [0, 0.05) is 44.7 Å². The molecule has 4 heteroatoms. The van der Waals surface area contributed by atoms with Gasteiger partial charge in [0.25, 0.3) is 0 Å². The van der Waals surface area contributed by atoms with Crippen LogP contribution in [0.4, 0.5) is 0 Å². The number of piperazine rings is 1. The van der Waals surface area contributed by atoms with E-state index >= 15 is 0 Å². The van der Waals surface area contributed by atoms with Gasteiger partial charge in [-0.25, -0.2) is 0 Å². The molecule has 1 heterocycles. The van der Waals surface area contributed by atoms with Crippen molar-refractivity contribution in [3.8, 4) is 0 Å². The van der Waals surface area contributed by atoms with Crippen molar-refractivity contribution in [2.24, 2.45) is 5.92 Å². The Labute approximate surface area is 104 Å². The molecule has 0 spiro atoms. The van der Waals surface area contributed by atoms with Gasteiger partial charge in [-0.2, -0.15) is 0 Å². The van der Waals surface area contributed by atoms with Crippen LogP contribution in [0.2, 0.25) is 0 Å². The second-order valence-corrected chi connectivity index (χ2v) is 5.45. The van der Waals surface area contributed by atoms with Crippen LogP contribution >= 0.6 is 0 Å². The van der Waals surface area contributed by atoms with E-state index in [9.17, 15) is 4.79 Å². The first kappa shape index (κ1) is 12.8. The van der Waals surface area contributed by atoms with Gasteiger partial charge in [0.1, 0.15) is 0 Å². The lowest BCUT2D eigenvalue weighted by Gasteiger charge is -2.44. The van der Waals surface area contributed by atoms with Crippen molar-refractivity contribution < 1.29 is 9.53 Å². The lowest BCUT2D eigenvalue weighted by Crippen LogP contribution is -2.58. The molecule has 2 rings (SSSR count). The van der Waals surface area contributed by atoms with E-state index < -0.39 is 0 Å². The van der Waals surface area contributed by atoms with Gasteiger partial charge in [0.2, 0.25) is 5.91 Å². The van der Waals surface area contributed by atoms with Gasteiger partial charge in [0.05, 0.1) is 6.61 Å². The molecule has 1 saturated heterocycles. The first-order valence-electron chi connectivity index (χ1n) is 6.67. The summed E-state index contributed by atoms with van der Waals surface area (Å²) in [6, 6.07) is 0.883. The monoisotopic (exact) mass is 240 g/mol. The lowest BCUT2D eigenvalue weighted by atomic mass is 10.1. The summed E-state index contributed by atoms with van der Waals surface area (Å²) in [7, 11) is 1.74. The van der Waals surface area contributed by atoms with Crippen LogP contribution < -0.4 is 0 Å². The second kappa shape index (κ2) is 5.36. The molecule has 2 atom stereocenters. The third kappa shape index (κ3) is 2.99. The Balaban J connectivity index is 1.89. The van der Waals surface area contributed by atoms with Gasteiger partial charge in [-0.1, -0.05) is 0 Å². The Bertz CT molecular complexity index is 267. The zero-order valence-electron chi connectivity index (χ0n) is 11.2. The Hall–Kier alpha value is -0.610. The van der Waals surface area contributed by atoms with Gasteiger partial charge in [-0.15, -0.1) is 0 Å². The van der Waals surface area contributed by atoms with Crippen molar-refractivity contribution in [1.29, 1.82) is 0 Å². The number of ether oxygens (including phenoxy) is 1. The van der Waals surface area contributed by atoms with Crippen molar-refractivity contribution in [3.63, 3.8) is 0 Å². The number of hydrogen-bond acceptors (Lipinski definition) is 3. The van der Waals surface area contributed by atoms with E-state index in [-0.39, 0.29) is 0 Å². The Morgan fingerprint density at radius 1 is 1.24 bits per heavy atom. The molecule has 0 aromatic heterocycles. The van der Waals surface area contributed by atoms with Crippen molar-refractivity contribution in [2.75, 3.05) is 33.4 Å². The van der Waals surface area contributed by atoms with Crippen LogP contribution in [0.5, 0.6) is 0 Å². The molecule has 1 amide bonds. The van der Waals surface area contributed by atoms with Crippen LogP contribution in [0, 0.1) is 5.92 Å². The van der Waals surface area contributed by atoms with Crippen molar-refractivity contribution in [1.82, 2.24) is 9.80 Å². The summed E-state index contributed by atoms with van der Waals surface area (Å²) < 4.78 is 5.14. The number of nitrogens with zero attached hydrogens (tertiary/aromatic N) is 2. The molecule has 2 unspecified atom stereocenters. The average molecular weight is 240 g/mol. The van der Waals surface area contributed by atoms with Crippen LogP contribution in [0.15, 0.2) is 0 Å². The minimum Gasteiger partial charge on any atom is -0.383 e. The van der Waals surface area contributed by atoms with Gasteiger partial charge >= 0.3 is 0 Å². The lowest BCUT2D eigenvalue weighted by molar-refractivity contribution is -0.137. The fourth-order valence-electron chi connectivity index (χ4n) is 2.76. The molecule has 1 aliphatic carbocycles. The number of amides is 1. The maximum atomic E-state index is 12.1. The maximum Gasteiger partial charge on any atom is 0.225 e. The molecule has 1 saturated carbocycles. The SMILES string of the molecule is COCCN1C(C)CN(C(=O)C2CC2)CC1C. The van der Waals surface area contributed by atoms with E-state index in [0.717, 1.165) is 39.1 Å². The Kier molecular flexibility index (Phi) is 4.05. The van der Waals surface area contributed by atoms with E-state index in [2.05, 4.69) is 23.6 Å². The summed E-state index contributed by atoms with van der Waals surface area (Å²) in [5.41, 5.74) is 0. The normalized spacial score (nSPS) is 30.6. The highest BCUT2D eigenvalue weighted by molar-refractivity contribution is 5.81. The average Bonchev–Trinajstić information content (AvgIpc) is 3.10. The number of carbonyl (C=O) groups is 1. The minimum absolute atomic E-state index is 0.347. The van der Waals surface area contributed by atoms with E-state index in [0.29, 0.717) is 23.9 Å². The van der Waals surface area contributed by atoms with Crippen LogP contribution in [0.25, 0.3) is 0 Å². The zero-order valence-corrected chi connectivity index (χ0v) is 11.2. The molecule has 0 N–H and O–H groups in total. The fourth-order valence-corrected chi connectivity index (χ4v) is 2.76. The maximum absolute atomic E-state index is 12.1. The summed E-state index contributed by atoms with van der Waals surface area (Å²) in [5, 5.41) is 0. The van der Waals surface area contributed by atoms with Crippen molar-refractivity contribution in [3.05, 3.63) is 0 Å². The van der Waals surface area contributed by atoms with Crippen molar-refractivity contribution >= 4 is 5.91 Å². The van der Waals surface area contributed by atoms with Crippen LogP contribution in [0.1, 0.15) is 26.7 Å². The van der Waals surface area contributed by atoms with E-state index in [1.165, 1.54) is 0 Å². The van der Waals surface area contributed by atoms with E-state index in [1.807, 2.05) is 0 Å². The molecular formula is C13H24N2O2. The molecule has 0 bridgehead atoms. The number of rotatable bonds is 4. The molecule has 2 aliphatic rings. The number of carbonyl (C=O) groups excluding carboxylic acids is 1. The summed E-state index contributed by atoms with van der Waals surface area (Å²) in [4.78, 5) is 16.6. The summed E-state index contributed by atoms with van der Waals surface area (Å²) in [6.07, 6.45) is 2.21. The molecular weight excluding hydrogens is 216 g/mol. The molecule has 2 fully saturated rings. The van der Waals surface area contributed by atoms with Gasteiger partial charge < -0.3 is 9.64 Å². The first-order chi connectivity index (χ1) is 8.13. The van der Waals surface area contributed by atoms with Gasteiger partial charge in [-0.05, 0) is 26.7 Å². The standard InChI is InChI=1S/C13H24N2O2/c1-10-8-14(13(16)12-4-5-12)9-11(2)15(10)6-7-17-3/h10-12H,4-9H2,1-3H3. The highest BCUT2D eigenvalue weighted by atomic mass is 16.5. The molecule has 0 radical (unpaired) electrons. The number of hydrogen-bond donors (Lipinski definition) is 0. The Morgan fingerprint density at radius 2 is 1.82 bits per heavy atom. The minimum atomic E-state index is 0.347. The summed E-state index contributed by atoms with van der Waals surface area (Å²) in [5.74, 6) is 0.731. The third-order valence-electron chi connectivity index (χ3n) is 3.89. The predicted octanol–water partition coefficient (Wildman–Crippen LogP) is 0.964.